The molecule has 224 valence electrons. The predicted octanol–water partition coefficient (Wildman–Crippen LogP) is 6.83. The molecule has 3 aromatic carbocycles. The van der Waals surface area contributed by atoms with Gasteiger partial charge in [-0.05, 0) is 48.6 Å². The summed E-state index contributed by atoms with van der Waals surface area (Å²) in [7, 11) is 3.89. The highest BCUT2D eigenvalue weighted by molar-refractivity contribution is 6.04. The first-order valence-corrected chi connectivity index (χ1v) is 15.5. The van der Waals surface area contributed by atoms with Gasteiger partial charge in [-0.3, -0.25) is 9.69 Å². The number of rotatable bonds is 13. The second-order valence-corrected chi connectivity index (χ2v) is 11.4. The third-order valence-electron chi connectivity index (χ3n) is 8.04. The molecule has 3 amide bonds. The van der Waals surface area contributed by atoms with E-state index in [1.165, 1.54) is 30.4 Å². The fraction of sp³-hybridized carbons (Fsp3) is 0.429. The van der Waals surface area contributed by atoms with Crippen LogP contribution < -0.4 is 20.9 Å². The number of nitrogens with zero attached hydrogens (tertiary/aromatic N) is 2. The molecule has 1 saturated heterocycles. The van der Waals surface area contributed by atoms with Gasteiger partial charge in [-0.15, -0.1) is 0 Å². The molecule has 0 spiro atoms. The molecule has 0 aliphatic carbocycles. The van der Waals surface area contributed by atoms with E-state index in [0.717, 1.165) is 44.5 Å². The normalized spacial score (nSPS) is 14.0. The predicted molar refractivity (Wildman–Crippen MR) is 173 cm³/mol. The zero-order valence-electron chi connectivity index (χ0n) is 25.4. The van der Waals surface area contributed by atoms with Crippen LogP contribution in [-0.4, -0.2) is 56.6 Å². The number of hydrogen-bond acceptors (Lipinski definition) is 4. The molecule has 4 rings (SSSR count). The number of hydrogen-bond donors (Lipinski definition) is 3. The SMILES string of the molecule is CCCCCCCNC(=O)Nc1ccc(N(C)C)cc1C(=O)NC1CCN(C(c2ccccc2)c2ccccc2)CC1. The minimum atomic E-state index is -0.279. The van der Waals surface area contributed by atoms with Crippen molar-refractivity contribution >= 4 is 23.3 Å². The van der Waals surface area contributed by atoms with Gasteiger partial charge in [0.1, 0.15) is 0 Å². The maximum atomic E-state index is 13.6. The number of anilines is 2. The van der Waals surface area contributed by atoms with Crippen molar-refractivity contribution in [3.8, 4) is 0 Å². The van der Waals surface area contributed by atoms with E-state index in [0.29, 0.717) is 17.8 Å². The van der Waals surface area contributed by atoms with Crippen LogP contribution in [-0.2, 0) is 0 Å². The lowest BCUT2D eigenvalue weighted by atomic mass is 9.94. The molecule has 0 aromatic heterocycles. The molecule has 1 heterocycles. The third kappa shape index (κ3) is 8.83. The number of carbonyl (C=O) groups is 2. The van der Waals surface area contributed by atoms with Crippen molar-refractivity contribution < 1.29 is 9.59 Å². The first-order chi connectivity index (χ1) is 20.5. The Kier molecular flexibility index (Phi) is 11.8. The average Bonchev–Trinajstić information content (AvgIpc) is 3.01. The third-order valence-corrected chi connectivity index (χ3v) is 8.04. The van der Waals surface area contributed by atoms with Crippen LogP contribution in [0.15, 0.2) is 78.9 Å². The van der Waals surface area contributed by atoms with Gasteiger partial charge in [0.25, 0.3) is 5.91 Å². The molecule has 0 saturated carbocycles. The van der Waals surface area contributed by atoms with Crippen LogP contribution in [0.1, 0.15) is 79.4 Å². The molecule has 0 atom stereocenters. The van der Waals surface area contributed by atoms with Crippen molar-refractivity contribution in [3.63, 3.8) is 0 Å². The van der Waals surface area contributed by atoms with Crippen LogP contribution in [0.2, 0.25) is 0 Å². The first-order valence-electron chi connectivity index (χ1n) is 15.5. The van der Waals surface area contributed by atoms with E-state index in [4.69, 9.17) is 0 Å². The summed E-state index contributed by atoms with van der Waals surface area (Å²) in [4.78, 5) is 30.7. The maximum absolute atomic E-state index is 13.6. The lowest BCUT2D eigenvalue weighted by Crippen LogP contribution is -2.46. The molecule has 0 bridgehead atoms. The Hall–Kier alpha value is -3.84. The van der Waals surface area contributed by atoms with Gasteiger partial charge in [-0.2, -0.15) is 0 Å². The van der Waals surface area contributed by atoms with E-state index < -0.39 is 0 Å². The molecule has 1 fully saturated rings. The Morgan fingerprint density at radius 2 is 1.48 bits per heavy atom. The van der Waals surface area contributed by atoms with Crippen LogP contribution in [0.3, 0.4) is 0 Å². The molecule has 0 radical (unpaired) electrons. The number of likely N-dealkylation sites (tertiary alicyclic amines) is 1. The Bertz CT molecular complexity index is 1220. The second kappa shape index (κ2) is 16.0. The summed E-state index contributed by atoms with van der Waals surface area (Å²) in [6.45, 7) is 4.57. The van der Waals surface area contributed by atoms with Gasteiger partial charge in [-0.1, -0.05) is 93.3 Å². The summed E-state index contributed by atoms with van der Waals surface area (Å²) in [6, 6.07) is 26.8. The topological polar surface area (TPSA) is 76.7 Å². The summed E-state index contributed by atoms with van der Waals surface area (Å²) in [5, 5.41) is 9.13. The standard InChI is InChI=1S/C35H47N5O2/c1-4-5-6-7-14-23-36-35(42)38-32-20-19-30(39(2)3)26-31(32)34(41)37-29-21-24-40(25-22-29)33(27-15-10-8-11-16-27)28-17-12-9-13-18-28/h8-13,15-20,26,29,33H,4-7,14,21-25H2,1-3H3,(H,37,41)(H2,36,38,42). The van der Waals surface area contributed by atoms with Crippen LogP contribution in [0.25, 0.3) is 0 Å². The number of carbonyl (C=O) groups excluding carboxylic acids is 2. The lowest BCUT2D eigenvalue weighted by Gasteiger charge is -2.38. The van der Waals surface area contributed by atoms with Crippen molar-refractivity contribution in [2.75, 3.05) is 43.9 Å². The molecule has 0 unspecified atom stereocenters. The van der Waals surface area contributed by atoms with Gasteiger partial charge in [-0.25, -0.2) is 4.79 Å². The van der Waals surface area contributed by atoms with Crippen molar-refractivity contribution in [1.29, 1.82) is 0 Å². The van der Waals surface area contributed by atoms with Crippen LogP contribution >= 0.6 is 0 Å². The highest BCUT2D eigenvalue weighted by atomic mass is 16.2. The Morgan fingerprint density at radius 3 is 2.07 bits per heavy atom. The van der Waals surface area contributed by atoms with E-state index >= 15 is 0 Å². The summed E-state index contributed by atoms with van der Waals surface area (Å²) >= 11 is 0. The summed E-state index contributed by atoms with van der Waals surface area (Å²) in [5.74, 6) is -0.158. The molecular formula is C35H47N5O2. The maximum Gasteiger partial charge on any atom is 0.319 e. The van der Waals surface area contributed by atoms with Gasteiger partial charge < -0.3 is 20.9 Å². The molecule has 1 aliphatic rings. The van der Waals surface area contributed by atoms with E-state index in [-0.39, 0.29) is 24.0 Å². The Labute approximate surface area is 251 Å². The molecule has 3 N–H and O–H groups in total. The zero-order chi connectivity index (χ0) is 29.7. The van der Waals surface area contributed by atoms with Gasteiger partial charge in [0.15, 0.2) is 0 Å². The van der Waals surface area contributed by atoms with Crippen LogP contribution in [0.5, 0.6) is 0 Å². The fourth-order valence-corrected chi connectivity index (χ4v) is 5.65. The van der Waals surface area contributed by atoms with Gasteiger partial charge in [0.05, 0.1) is 17.3 Å². The quantitative estimate of drug-likeness (QED) is 0.197. The number of benzene rings is 3. The number of urea groups is 1. The van der Waals surface area contributed by atoms with E-state index in [2.05, 4.69) is 88.4 Å². The number of amides is 3. The number of nitrogens with one attached hydrogen (secondary N) is 3. The summed E-state index contributed by atoms with van der Waals surface area (Å²) in [5.41, 5.74) is 4.47. The fourth-order valence-electron chi connectivity index (χ4n) is 5.65. The van der Waals surface area contributed by atoms with Crippen molar-refractivity contribution in [2.24, 2.45) is 0 Å². The summed E-state index contributed by atoms with van der Waals surface area (Å²) in [6.07, 6.45) is 7.39. The molecule has 7 nitrogen and oxygen atoms in total. The molecule has 3 aromatic rings. The number of piperidine rings is 1. The first kappa shape index (κ1) is 31.1. The number of unbranched alkanes of at least 4 members (excludes halogenated alkanes) is 4. The van der Waals surface area contributed by atoms with E-state index in [1.807, 2.05) is 37.2 Å². The monoisotopic (exact) mass is 569 g/mol. The molecule has 7 heteroatoms. The Morgan fingerprint density at radius 1 is 0.857 bits per heavy atom. The van der Waals surface area contributed by atoms with E-state index in [9.17, 15) is 9.59 Å². The van der Waals surface area contributed by atoms with Crippen molar-refractivity contribution in [1.82, 2.24) is 15.5 Å². The average molecular weight is 570 g/mol. The van der Waals surface area contributed by atoms with E-state index in [1.54, 1.807) is 0 Å². The summed E-state index contributed by atoms with van der Waals surface area (Å²) < 4.78 is 0. The van der Waals surface area contributed by atoms with Crippen LogP contribution in [0.4, 0.5) is 16.2 Å². The highest BCUT2D eigenvalue weighted by Crippen LogP contribution is 2.31. The molecule has 1 aliphatic heterocycles. The minimum absolute atomic E-state index is 0.0637. The molecular weight excluding hydrogens is 522 g/mol. The van der Waals surface area contributed by atoms with Gasteiger partial charge in [0.2, 0.25) is 0 Å². The highest BCUT2D eigenvalue weighted by Gasteiger charge is 2.28. The molecule has 42 heavy (non-hydrogen) atoms. The minimum Gasteiger partial charge on any atom is -0.378 e. The van der Waals surface area contributed by atoms with Crippen molar-refractivity contribution in [3.05, 3.63) is 95.6 Å². The van der Waals surface area contributed by atoms with Gasteiger partial charge >= 0.3 is 6.03 Å². The largest absolute Gasteiger partial charge is 0.378 e. The lowest BCUT2D eigenvalue weighted by molar-refractivity contribution is 0.0901. The van der Waals surface area contributed by atoms with Gasteiger partial charge in [0, 0.05) is 45.5 Å². The van der Waals surface area contributed by atoms with Crippen LogP contribution in [0, 0.1) is 0 Å². The Balaban J connectivity index is 1.38. The van der Waals surface area contributed by atoms with Crippen molar-refractivity contribution in [2.45, 2.75) is 64.0 Å². The zero-order valence-corrected chi connectivity index (χ0v) is 25.4. The second-order valence-electron chi connectivity index (χ2n) is 11.4. The smallest absolute Gasteiger partial charge is 0.319 e.